The predicted molar refractivity (Wildman–Crippen MR) is 36.0 cm³/mol. The molecular weight excluding hydrogens is 112 g/mol. The zero-order chi connectivity index (χ0) is 4.99. The van der Waals surface area contributed by atoms with Crippen molar-refractivity contribution in [1.29, 1.82) is 0 Å². The van der Waals surface area contributed by atoms with Crippen molar-refractivity contribution in [2.75, 3.05) is 0 Å². The minimum atomic E-state index is 0.666. The van der Waals surface area contributed by atoms with Crippen molar-refractivity contribution in [1.82, 2.24) is 0 Å². The third-order valence-electron chi connectivity index (χ3n) is 0.372. The molecule has 1 nitrogen and oxygen atoms in total. The number of rotatable bonds is 2. The molecule has 0 aromatic carbocycles. The molecule has 38 valence electrons. The van der Waals surface area contributed by atoms with Crippen molar-refractivity contribution in [2.45, 2.75) is 19.5 Å². The van der Waals surface area contributed by atoms with Crippen molar-refractivity contribution in [2.24, 2.45) is 5.50 Å². The summed E-state index contributed by atoms with van der Waals surface area (Å²) in [7, 11) is 1.64. The van der Waals surface area contributed by atoms with Crippen LogP contribution in [-0.2, 0) is 0 Å². The van der Waals surface area contributed by atoms with Gasteiger partial charge in [0.25, 0.3) is 0 Å². The summed E-state index contributed by atoms with van der Waals surface area (Å²) in [5.41, 5.74) is 6.08. The Morgan fingerprint density at radius 3 is 2.00 bits per heavy atom. The Balaban J connectivity index is 2.63. The van der Waals surface area contributed by atoms with Crippen LogP contribution < -0.4 is 5.50 Å². The van der Waals surface area contributed by atoms with Crippen molar-refractivity contribution in [3.8, 4) is 0 Å². The molecule has 0 aliphatic carbocycles. The maximum Gasteiger partial charge on any atom is -0.0245 e. The lowest BCUT2D eigenvalue weighted by atomic mass is 10.6. The van der Waals surface area contributed by atoms with Crippen LogP contribution in [0.3, 0.4) is 0 Å². The summed E-state index contributed by atoms with van der Waals surface area (Å²) in [5, 5.41) is 0. The van der Waals surface area contributed by atoms with Crippen LogP contribution in [0.4, 0.5) is 0 Å². The van der Waals surface area contributed by atoms with Gasteiger partial charge in [0.05, 0.1) is 0 Å². The first-order chi connectivity index (χ1) is 2.77. The van der Waals surface area contributed by atoms with Gasteiger partial charge in [0, 0.05) is 0 Å². The van der Waals surface area contributed by atoms with E-state index in [1.807, 2.05) is 0 Å². The minimum absolute atomic E-state index is 0.666. The van der Waals surface area contributed by atoms with Gasteiger partial charge in [-0.3, -0.25) is 0 Å². The zero-order valence-corrected chi connectivity index (χ0v) is 6.15. The molecule has 6 heavy (non-hydrogen) atoms. The molecule has 0 amide bonds. The van der Waals surface area contributed by atoms with E-state index in [2.05, 4.69) is 13.8 Å². The second-order valence-corrected chi connectivity index (χ2v) is 4.91. The van der Waals surface area contributed by atoms with Gasteiger partial charge < -0.3 is 5.50 Å². The molecule has 0 radical (unpaired) electrons. The van der Waals surface area contributed by atoms with Gasteiger partial charge in [-0.25, -0.2) is 0 Å². The van der Waals surface area contributed by atoms with E-state index in [1.54, 1.807) is 0 Å². The smallest absolute Gasteiger partial charge is 0.0245 e. The fourth-order valence-electron chi connectivity index (χ4n) is 0.167. The lowest BCUT2D eigenvalue weighted by Crippen LogP contribution is -1.78. The van der Waals surface area contributed by atoms with E-state index >= 15 is 0 Å². The molecule has 0 rings (SSSR count). The second-order valence-electron chi connectivity index (χ2n) is 1.44. The summed E-state index contributed by atoms with van der Waals surface area (Å²) < 4.78 is 0. The van der Waals surface area contributed by atoms with E-state index in [1.165, 1.54) is 0 Å². The highest BCUT2D eigenvalue weighted by Crippen LogP contribution is 2.33. The van der Waals surface area contributed by atoms with Gasteiger partial charge in [-0.1, -0.05) is 22.1 Å². The van der Waals surface area contributed by atoms with Crippen LogP contribution in [0.2, 0.25) is 0 Å². The molecule has 2 atom stereocenters. The normalized spacial score (nSPS) is 14.0. The summed E-state index contributed by atoms with van der Waals surface area (Å²) in [6, 6.07) is 0. The van der Waals surface area contributed by atoms with E-state index in [4.69, 9.17) is 5.50 Å². The van der Waals surface area contributed by atoms with E-state index in [9.17, 15) is 0 Å². The molecule has 2 unspecified atom stereocenters. The molecule has 2 N–H and O–H groups in total. The summed E-state index contributed by atoms with van der Waals surface area (Å²) in [6.07, 6.45) is 0. The van der Waals surface area contributed by atoms with Gasteiger partial charge in [0.2, 0.25) is 0 Å². The molecule has 0 bridgehead atoms. The molecule has 0 saturated carbocycles. The van der Waals surface area contributed by atoms with Crippen LogP contribution in [0.25, 0.3) is 0 Å². The maximum atomic E-state index is 5.27. The average molecular weight is 123 g/mol. The highest BCUT2D eigenvalue weighted by molar-refractivity contribution is 8.11. The molecule has 0 spiro atoms. The Labute approximate surface area is 42.6 Å². The van der Waals surface area contributed by atoms with Crippen LogP contribution in [0.5, 0.6) is 0 Å². The molecule has 0 aromatic rings. The van der Waals surface area contributed by atoms with Crippen LogP contribution in [-0.4, -0.2) is 5.66 Å². The van der Waals surface area contributed by atoms with Crippen LogP contribution in [0.15, 0.2) is 0 Å². The quantitative estimate of drug-likeness (QED) is 0.554. The third kappa shape index (κ3) is 4.82. The van der Waals surface area contributed by atoms with Crippen molar-refractivity contribution in [3.05, 3.63) is 0 Å². The van der Waals surface area contributed by atoms with Gasteiger partial charge in [-0.05, 0) is 14.1 Å². The molecule has 0 aliphatic heterocycles. The highest BCUT2D eigenvalue weighted by Gasteiger charge is 1.85. The Kier molecular flexibility index (Phi) is 4.54. The Morgan fingerprint density at radius 2 is 2.00 bits per heavy atom. The zero-order valence-electron chi connectivity index (χ0n) is 4.15. The first kappa shape index (κ1) is 6.82. The molecular formula is C3H11NP2. The molecule has 0 saturated heterocycles. The van der Waals surface area contributed by atoms with E-state index < -0.39 is 0 Å². The second kappa shape index (κ2) is 3.99. The third-order valence-corrected chi connectivity index (χ3v) is 3.35. The van der Waals surface area contributed by atoms with Gasteiger partial charge in [-0.15, -0.1) is 0 Å². The fourth-order valence-corrected chi connectivity index (χ4v) is 1.50. The molecule has 0 heterocycles. The Bertz CT molecular complexity index is 30.0. The van der Waals surface area contributed by atoms with E-state index in [0.717, 1.165) is 13.9 Å². The standard InChI is InChI=1S/C3H11NP2/c1-3(2)5-6-4/h3,5-6H,4H2,1-2H3. The minimum Gasteiger partial charge on any atom is -0.309 e. The van der Waals surface area contributed by atoms with Crippen LogP contribution >= 0.6 is 16.7 Å². The summed E-state index contributed by atoms with van der Waals surface area (Å²) in [4.78, 5) is 0. The summed E-state index contributed by atoms with van der Waals surface area (Å²) in [5.74, 6) is 0. The van der Waals surface area contributed by atoms with Crippen LogP contribution in [0, 0.1) is 0 Å². The first-order valence-electron chi connectivity index (χ1n) is 1.98. The fraction of sp³-hybridized carbons (Fsp3) is 1.00. The number of hydrogen-bond donors (Lipinski definition) is 1. The predicted octanol–water partition coefficient (Wildman–Crippen LogP) is 1.54. The molecule has 0 aromatic heterocycles. The van der Waals surface area contributed by atoms with Crippen molar-refractivity contribution in [3.63, 3.8) is 0 Å². The van der Waals surface area contributed by atoms with Gasteiger partial charge in [0.15, 0.2) is 0 Å². The van der Waals surface area contributed by atoms with Crippen LogP contribution in [0.1, 0.15) is 13.8 Å². The lowest BCUT2D eigenvalue weighted by Gasteiger charge is -1.96. The largest absolute Gasteiger partial charge is 0.309 e. The lowest BCUT2D eigenvalue weighted by molar-refractivity contribution is 1.11. The first-order valence-corrected chi connectivity index (χ1v) is 5.14. The number of hydrogen-bond acceptors (Lipinski definition) is 1. The average Bonchev–Trinajstić information content (AvgIpc) is 1.35. The van der Waals surface area contributed by atoms with Gasteiger partial charge >= 0.3 is 0 Å². The monoisotopic (exact) mass is 123 g/mol. The Morgan fingerprint density at radius 1 is 1.50 bits per heavy atom. The Hall–Kier alpha value is 0.820. The summed E-state index contributed by atoms with van der Waals surface area (Å²) >= 11 is 0. The highest BCUT2D eigenvalue weighted by atomic mass is 32.0. The van der Waals surface area contributed by atoms with Gasteiger partial charge in [-0.2, -0.15) is 0 Å². The maximum absolute atomic E-state index is 5.27. The SMILES string of the molecule is CC(C)PPN. The van der Waals surface area contributed by atoms with E-state index in [-0.39, 0.29) is 0 Å². The van der Waals surface area contributed by atoms with E-state index in [0.29, 0.717) is 8.42 Å². The molecule has 0 fully saturated rings. The molecule has 3 heteroatoms. The molecule has 0 aliphatic rings. The van der Waals surface area contributed by atoms with Crippen molar-refractivity contribution < 1.29 is 0 Å². The summed E-state index contributed by atoms with van der Waals surface area (Å²) in [6.45, 7) is 4.39. The van der Waals surface area contributed by atoms with Crippen molar-refractivity contribution >= 4 is 16.7 Å². The number of nitrogens with two attached hydrogens (primary N) is 1. The topological polar surface area (TPSA) is 26.0 Å². The van der Waals surface area contributed by atoms with Gasteiger partial charge in [0.1, 0.15) is 0 Å².